The molecular weight excluding hydrogens is 485 g/mol. The van der Waals surface area contributed by atoms with E-state index in [0.29, 0.717) is 6.54 Å². The maximum atomic E-state index is 4.81. The maximum Gasteiger partial charge on any atom is 0.191 e. The van der Waals surface area contributed by atoms with E-state index in [9.17, 15) is 0 Å². The first-order chi connectivity index (χ1) is 14.3. The SMILES string of the molecule is CCNC(=NCc1ccc(N2CCCC2)nc1)NCC1(c2ccccc2)CCC1.I. The van der Waals surface area contributed by atoms with Gasteiger partial charge >= 0.3 is 0 Å². The Morgan fingerprint density at radius 3 is 2.40 bits per heavy atom. The van der Waals surface area contributed by atoms with Crippen molar-refractivity contribution in [3.05, 3.63) is 59.8 Å². The van der Waals surface area contributed by atoms with Gasteiger partial charge in [-0.05, 0) is 49.8 Å². The van der Waals surface area contributed by atoms with Gasteiger partial charge in [0.1, 0.15) is 5.82 Å². The second kappa shape index (κ2) is 11.0. The van der Waals surface area contributed by atoms with Crippen molar-refractivity contribution >= 4 is 35.8 Å². The summed E-state index contributed by atoms with van der Waals surface area (Å²) in [5.41, 5.74) is 2.83. The molecule has 0 amide bonds. The summed E-state index contributed by atoms with van der Waals surface area (Å²) in [4.78, 5) is 11.8. The number of halogens is 1. The summed E-state index contributed by atoms with van der Waals surface area (Å²) in [5, 5.41) is 6.99. The molecule has 0 radical (unpaired) electrons. The second-order valence-corrected chi connectivity index (χ2v) is 8.27. The first-order valence-electron chi connectivity index (χ1n) is 11.1. The van der Waals surface area contributed by atoms with Gasteiger partial charge in [-0.1, -0.05) is 42.8 Å². The Morgan fingerprint density at radius 1 is 1.03 bits per heavy atom. The Labute approximate surface area is 197 Å². The zero-order chi connectivity index (χ0) is 19.9. The molecule has 4 rings (SSSR count). The molecule has 0 bridgehead atoms. The monoisotopic (exact) mass is 519 g/mol. The molecule has 1 aromatic carbocycles. The lowest BCUT2D eigenvalue weighted by Crippen LogP contribution is -2.48. The summed E-state index contributed by atoms with van der Waals surface area (Å²) in [6.07, 6.45) is 8.31. The average Bonchev–Trinajstić information content (AvgIpc) is 3.27. The highest BCUT2D eigenvalue weighted by Gasteiger charge is 2.38. The smallest absolute Gasteiger partial charge is 0.191 e. The normalized spacial score (nSPS) is 17.8. The van der Waals surface area contributed by atoms with Gasteiger partial charge in [-0.15, -0.1) is 24.0 Å². The van der Waals surface area contributed by atoms with E-state index in [1.807, 2.05) is 6.20 Å². The number of hydrogen-bond donors (Lipinski definition) is 2. The molecule has 2 aromatic rings. The van der Waals surface area contributed by atoms with Crippen molar-refractivity contribution < 1.29 is 0 Å². The van der Waals surface area contributed by atoms with E-state index in [-0.39, 0.29) is 29.4 Å². The number of anilines is 1. The topological polar surface area (TPSA) is 52.6 Å². The fourth-order valence-electron chi connectivity index (χ4n) is 4.37. The molecule has 2 aliphatic rings. The number of aromatic nitrogens is 1. The molecular formula is C24H34IN5. The van der Waals surface area contributed by atoms with Crippen molar-refractivity contribution in [1.29, 1.82) is 0 Å². The van der Waals surface area contributed by atoms with Crippen LogP contribution in [0.15, 0.2) is 53.7 Å². The van der Waals surface area contributed by atoms with Crippen LogP contribution >= 0.6 is 24.0 Å². The van der Waals surface area contributed by atoms with E-state index in [2.05, 4.69) is 69.9 Å². The number of guanidine groups is 1. The van der Waals surface area contributed by atoms with Crippen LogP contribution in [-0.4, -0.2) is 37.1 Å². The highest BCUT2D eigenvalue weighted by molar-refractivity contribution is 14.0. The van der Waals surface area contributed by atoms with E-state index < -0.39 is 0 Å². The Morgan fingerprint density at radius 2 is 1.80 bits per heavy atom. The van der Waals surface area contributed by atoms with Crippen molar-refractivity contribution in [2.45, 2.75) is 51.0 Å². The standard InChI is InChI=1S/C24H33N5.HI/c1-2-25-23(28-19-24(13-8-14-24)21-9-4-3-5-10-21)27-18-20-11-12-22(26-17-20)29-15-6-7-16-29;/h3-5,9-12,17H,2,6-8,13-16,18-19H2,1H3,(H2,25,27,28);1H. The third kappa shape index (κ3) is 5.45. The molecule has 1 aliphatic heterocycles. The number of hydrogen-bond acceptors (Lipinski definition) is 3. The van der Waals surface area contributed by atoms with Crippen molar-refractivity contribution in [3.8, 4) is 0 Å². The van der Waals surface area contributed by atoms with Gasteiger partial charge in [0.25, 0.3) is 0 Å². The van der Waals surface area contributed by atoms with Crippen molar-refractivity contribution in [2.24, 2.45) is 4.99 Å². The second-order valence-electron chi connectivity index (χ2n) is 8.27. The number of pyridine rings is 1. The summed E-state index contributed by atoms with van der Waals surface area (Å²) in [6.45, 7) is 6.79. The summed E-state index contributed by atoms with van der Waals surface area (Å²) in [7, 11) is 0. The van der Waals surface area contributed by atoms with Crippen LogP contribution in [0.1, 0.15) is 50.2 Å². The zero-order valence-electron chi connectivity index (χ0n) is 17.9. The minimum atomic E-state index is 0. The molecule has 5 nitrogen and oxygen atoms in total. The molecule has 1 aromatic heterocycles. The molecule has 1 aliphatic carbocycles. The van der Waals surface area contributed by atoms with E-state index in [1.165, 1.54) is 37.7 Å². The molecule has 0 atom stereocenters. The molecule has 6 heteroatoms. The Bertz CT molecular complexity index is 796. The van der Waals surface area contributed by atoms with Gasteiger partial charge in [-0.3, -0.25) is 0 Å². The molecule has 30 heavy (non-hydrogen) atoms. The van der Waals surface area contributed by atoms with Crippen LogP contribution in [-0.2, 0) is 12.0 Å². The highest BCUT2D eigenvalue weighted by atomic mass is 127. The fraction of sp³-hybridized carbons (Fsp3) is 0.500. The van der Waals surface area contributed by atoms with Crippen molar-refractivity contribution in [3.63, 3.8) is 0 Å². The first-order valence-corrected chi connectivity index (χ1v) is 11.1. The van der Waals surface area contributed by atoms with Crippen molar-refractivity contribution in [2.75, 3.05) is 31.1 Å². The summed E-state index contributed by atoms with van der Waals surface area (Å²) in [6, 6.07) is 15.2. The Kier molecular flexibility index (Phi) is 8.36. The number of nitrogens with zero attached hydrogens (tertiary/aromatic N) is 3. The van der Waals surface area contributed by atoms with Gasteiger partial charge in [0.2, 0.25) is 0 Å². The molecule has 2 heterocycles. The molecule has 2 N–H and O–H groups in total. The van der Waals surface area contributed by atoms with Crippen LogP contribution in [0.25, 0.3) is 0 Å². The van der Waals surface area contributed by atoms with Crippen LogP contribution in [0.3, 0.4) is 0 Å². The van der Waals surface area contributed by atoms with Gasteiger partial charge in [0, 0.05) is 37.8 Å². The third-order valence-electron chi connectivity index (χ3n) is 6.29. The predicted molar refractivity (Wildman–Crippen MR) is 136 cm³/mol. The zero-order valence-corrected chi connectivity index (χ0v) is 20.3. The summed E-state index contributed by atoms with van der Waals surface area (Å²) in [5.74, 6) is 1.98. The van der Waals surface area contributed by atoms with Gasteiger partial charge < -0.3 is 15.5 Å². The lowest BCUT2D eigenvalue weighted by Gasteiger charge is -2.43. The highest BCUT2D eigenvalue weighted by Crippen LogP contribution is 2.43. The molecule has 162 valence electrons. The minimum Gasteiger partial charge on any atom is -0.357 e. The van der Waals surface area contributed by atoms with E-state index in [1.54, 1.807) is 0 Å². The number of benzene rings is 1. The number of rotatable bonds is 7. The predicted octanol–water partition coefficient (Wildman–Crippen LogP) is 4.48. The summed E-state index contributed by atoms with van der Waals surface area (Å²) < 4.78 is 0. The van der Waals surface area contributed by atoms with Crippen LogP contribution in [0.5, 0.6) is 0 Å². The first kappa shape index (κ1) is 22.8. The van der Waals surface area contributed by atoms with E-state index >= 15 is 0 Å². The van der Waals surface area contributed by atoms with Crippen molar-refractivity contribution in [1.82, 2.24) is 15.6 Å². The number of aliphatic imine (C=N–C) groups is 1. The fourth-order valence-corrected chi connectivity index (χ4v) is 4.37. The molecule has 1 saturated carbocycles. The van der Waals surface area contributed by atoms with Crippen LogP contribution in [0.2, 0.25) is 0 Å². The van der Waals surface area contributed by atoms with Gasteiger partial charge in [-0.2, -0.15) is 0 Å². The molecule has 0 unspecified atom stereocenters. The molecule has 1 saturated heterocycles. The maximum absolute atomic E-state index is 4.81. The van der Waals surface area contributed by atoms with Gasteiger partial charge in [0.05, 0.1) is 6.54 Å². The minimum absolute atomic E-state index is 0. The number of nitrogens with one attached hydrogen (secondary N) is 2. The van der Waals surface area contributed by atoms with Gasteiger partial charge in [0.15, 0.2) is 5.96 Å². The van der Waals surface area contributed by atoms with E-state index in [0.717, 1.165) is 43.5 Å². The Balaban J connectivity index is 0.00000256. The lowest BCUT2D eigenvalue weighted by molar-refractivity contribution is 0.244. The van der Waals surface area contributed by atoms with E-state index in [4.69, 9.17) is 4.99 Å². The molecule has 2 fully saturated rings. The van der Waals surface area contributed by atoms with Crippen LogP contribution < -0.4 is 15.5 Å². The molecule has 0 spiro atoms. The quantitative estimate of drug-likeness (QED) is 0.322. The Hall–Kier alpha value is -1.83. The largest absolute Gasteiger partial charge is 0.357 e. The summed E-state index contributed by atoms with van der Waals surface area (Å²) >= 11 is 0. The van der Waals surface area contributed by atoms with Crippen LogP contribution in [0, 0.1) is 0 Å². The third-order valence-corrected chi connectivity index (χ3v) is 6.29. The lowest BCUT2D eigenvalue weighted by atomic mass is 9.64. The van der Waals surface area contributed by atoms with Gasteiger partial charge in [-0.25, -0.2) is 9.98 Å². The average molecular weight is 519 g/mol. The van der Waals surface area contributed by atoms with Crippen LogP contribution in [0.4, 0.5) is 5.82 Å².